The highest BCUT2D eigenvalue weighted by molar-refractivity contribution is 6.31. The molecule has 3 rings (SSSR count). The summed E-state index contributed by atoms with van der Waals surface area (Å²) in [5.41, 5.74) is 2.15. The van der Waals surface area contributed by atoms with Gasteiger partial charge in [0.1, 0.15) is 11.8 Å². The van der Waals surface area contributed by atoms with E-state index in [-0.39, 0.29) is 0 Å². The number of carbonyl (C=O) groups excluding carboxylic acids is 1. The van der Waals surface area contributed by atoms with Gasteiger partial charge in [-0.15, -0.1) is 0 Å². The van der Waals surface area contributed by atoms with Crippen molar-refractivity contribution in [3.63, 3.8) is 0 Å². The second-order valence-electron chi connectivity index (χ2n) is 4.84. The van der Waals surface area contributed by atoms with Crippen LogP contribution in [-0.2, 0) is 4.74 Å². The molecule has 0 bridgehead atoms. The second kappa shape index (κ2) is 5.62. The lowest BCUT2D eigenvalue weighted by Gasteiger charge is -2.14. The molecule has 0 spiro atoms. The first-order chi connectivity index (χ1) is 10.1. The zero-order chi connectivity index (χ0) is 14.8. The van der Waals surface area contributed by atoms with Gasteiger partial charge in [0, 0.05) is 21.5 Å². The van der Waals surface area contributed by atoms with E-state index in [2.05, 4.69) is 4.98 Å². The average Bonchev–Trinajstić information content (AvgIpc) is 2.91. The maximum atomic E-state index is 12.2. The van der Waals surface area contributed by atoms with Gasteiger partial charge in [-0.1, -0.05) is 48.0 Å². The number of benzene rings is 2. The molecule has 1 N–H and O–H groups in total. The Labute approximate surface area is 127 Å². The molecule has 4 heteroatoms. The van der Waals surface area contributed by atoms with E-state index < -0.39 is 12.1 Å². The lowest BCUT2D eigenvalue weighted by atomic mass is 10.1. The molecular weight excluding hydrogens is 286 g/mol. The summed E-state index contributed by atoms with van der Waals surface area (Å²) in [5, 5.41) is 1.57. The third kappa shape index (κ3) is 2.78. The van der Waals surface area contributed by atoms with Crippen LogP contribution in [0.25, 0.3) is 10.9 Å². The minimum atomic E-state index is -0.405. The largest absolute Gasteiger partial charge is 0.453 e. The van der Waals surface area contributed by atoms with E-state index in [9.17, 15) is 4.79 Å². The highest BCUT2D eigenvalue weighted by atomic mass is 35.5. The van der Waals surface area contributed by atoms with Crippen LogP contribution >= 0.6 is 11.6 Å². The summed E-state index contributed by atoms with van der Waals surface area (Å²) in [4.78, 5) is 15.3. The molecule has 1 aromatic heterocycles. The Morgan fingerprint density at radius 1 is 1.14 bits per heavy atom. The van der Waals surface area contributed by atoms with Gasteiger partial charge in [-0.2, -0.15) is 0 Å². The van der Waals surface area contributed by atoms with Crippen LogP contribution in [-0.4, -0.2) is 11.0 Å². The molecule has 0 saturated heterocycles. The van der Waals surface area contributed by atoms with Crippen molar-refractivity contribution in [2.75, 3.05) is 0 Å². The van der Waals surface area contributed by atoms with E-state index >= 15 is 0 Å². The molecule has 3 aromatic rings. The number of esters is 1. The van der Waals surface area contributed by atoms with Crippen molar-refractivity contribution in [1.82, 2.24) is 4.98 Å². The normalized spacial score (nSPS) is 12.3. The number of ether oxygens (including phenoxy) is 1. The monoisotopic (exact) mass is 299 g/mol. The maximum Gasteiger partial charge on any atom is 0.355 e. The van der Waals surface area contributed by atoms with Crippen LogP contribution in [0.5, 0.6) is 0 Å². The van der Waals surface area contributed by atoms with E-state index in [4.69, 9.17) is 16.3 Å². The summed E-state index contributed by atoms with van der Waals surface area (Å²) in [7, 11) is 0. The Hall–Kier alpha value is -2.26. The maximum absolute atomic E-state index is 12.2. The number of fused-ring (bicyclic) bond motifs is 1. The molecule has 0 aliphatic carbocycles. The first-order valence-electron chi connectivity index (χ1n) is 6.68. The van der Waals surface area contributed by atoms with Crippen molar-refractivity contribution >= 4 is 28.5 Å². The first-order valence-corrected chi connectivity index (χ1v) is 7.06. The predicted octanol–water partition coefficient (Wildman–Crippen LogP) is 4.74. The summed E-state index contributed by atoms with van der Waals surface area (Å²) in [6.45, 7) is 1.81. The number of rotatable bonds is 3. The highest BCUT2D eigenvalue weighted by Gasteiger charge is 2.17. The topological polar surface area (TPSA) is 42.1 Å². The number of carbonyl (C=O) groups is 1. The fourth-order valence-corrected chi connectivity index (χ4v) is 2.57. The first kappa shape index (κ1) is 13.7. The Morgan fingerprint density at radius 2 is 1.86 bits per heavy atom. The van der Waals surface area contributed by atoms with Crippen LogP contribution in [0.15, 0.2) is 54.6 Å². The smallest absolute Gasteiger partial charge is 0.355 e. The summed E-state index contributed by atoms with van der Waals surface area (Å²) in [6.07, 6.45) is -0.405. The number of aromatic amines is 1. The van der Waals surface area contributed by atoms with Gasteiger partial charge in [0.15, 0.2) is 0 Å². The van der Waals surface area contributed by atoms with Crippen molar-refractivity contribution in [2.45, 2.75) is 13.0 Å². The molecule has 0 saturated carbocycles. The van der Waals surface area contributed by atoms with Gasteiger partial charge in [0.05, 0.1) is 0 Å². The second-order valence-corrected chi connectivity index (χ2v) is 5.25. The Bertz CT molecular complexity index is 761. The average molecular weight is 300 g/mol. The van der Waals surface area contributed by atoms with Crippen LogP contribution in [0.3, 0.4) is 0 Å². The molecule has 1 atom stereocenters. The molecule has 0 fully saturated rings. The lowest BCUT2D eigenvalue weighted by Crippen LogP contribution is -2.09. The lowest BCUT2D eigenvalue weighted by molar-refractivity contribution is 0.0332. The van der Waals surface area contributed by atoms with Crippen molar-refractivity contribution in [1.29, 1.82) is 0 Å². The third-order valence-corrected chi connectivity index (χ3v) is 3.72. The summed E-state index contributed by atoms with van der Waals surface area (Å²) in [6, 6.07) is 16.8. The van der Waals surface area contributed by atoms with Gasteiger partial charge in [0.2, 0.25) is 0 Å². The molecule has 106 valence electrons. The van der Waals surface area contributed by atoms with Gasteiger partial charge < -0.3 is 9.72 Å². The van der Waals surface area contributed by atoms with E-state index in [1.165, 1.54) is 0 Å². The van der Waals surface area contributed by atoms with E-state index in [1.54, 1.807) is 12.1 Å². The Morgan fingerprint density at radius 3 is 2.62 bits per heavy atom. The molecular formula is C17H14ClNO2. The molecule has 1 heterocycles. The third-order valence-electron chi connectivity index (χ3n) is 3.38. The standard InChI is InChI=1S/C17H14ClNO2/c1-11(13-7-3-4-8-14(13)18)21-17(20)16-10-12-6-2-5-9-15(12)19-16/h2-11,19H,1H3. The SMILES string of the molecule is CC(OC(=O)c1cc2ccccc2[nH]1)c1ccccc1Cl. The van der Waals surface area contributed by atoms with Crippen LogP contribution < -0.4 is 0 Å². The molecule has 3 nitrogen and oxygen atoms in total. The molecule has 0 aliphatic rings. The molecule has 0 aliphatic heterocycles. The number of nitrogens with one attached hydrogen (secondary N) is 1. The zero-order valence-corrected chi connectivity index (χ0v) is 12.2. The van der Waals surface area contributed by atoms with Gasteiger partial charge in [-0.25, -0.2) is 4.79 Å². The molecule has 2 aromatic carbocycles. The molecule has 0 radical (unpaired) electrons. The number of hydrogen-bond donors (Lipinski definition) is 1. The van der Waals surface area contributed by atoms with Crippen molar-refractivity contribution in [3.05, 3.63) is 70.9 Å². The van der Waals surface area contributed by atoms with Gasteiger partial charge in [-0.05, 0) is 25.1 Å². The van der Waals surface area contributed by atoms with Crippen molar-refractivity contribution in [2.24, 2.45) is 0 Å². The van der Waals surface area contributed by atoms with Crippen LogP contribution in [0, 0.1) is 0 Å². The van der Waals surface area contributed by atoms with Crippen molar-refractivity contribution in [3.8, 4) is 0 Å². The van der Waals surface area contributed by atoms with Crippen LogP contribution in [0.1, 0.15) is 29.1 Å². The van der Waals surface area contributed by atoms with E-state index in [0.29, 0.717) is 10.7 Å². The molecule has 0 amide bonds. The molecule has 1 unspecified atom stereocenters. The minimum absolute atomic E-state index is 0.390. The Kier molecular flexibility index (Phi) is 3.67. The van der Waals surface area contributed by atoms with Gasteiger partial charge >= 0.3 is 5.97 Å². The van der Waals surface area contributed by atoms with E-state index in [1.807, 2.05) is 49.4 Å². The van der Waals surface area contributed by atoms with Gasteiger partial charge in [-0.3, -0.25) is 0 Å². The predicted molar refractivity (Wildman–Crippen MR) is 83.6 cm³/mol. The summed E-state index contributed by atoms with van der Waals surface area (Å²) >= 11 is 6.11. The van der Waals surface area contributed by atoms with E-state index in [0.717, 1.165) is 16.5 Å². The number of para-hydroxylation sites is 1. The van der Waals surface area contributed by atoms with Crippen molar-refractivity contribution < 1.29 is 9.53 Å². The highest BCUT2D eigenvalue weighted by Crippen LogP contribution is 2.26. The van der Waals surface area contributed by atoms with Gasteiger partial charge in [0.25, 0.3) is 0 Å². The Balaban J connectivity index is 1.81. The minimum Gasteiger partial charge on any atom is -0.453 e. The zero-order valence-electron chi connectivity index (χ0n) is 11.5. The number of H-pyrrole nitrogens is 1. The van der Waals surface area contributed by atoms with Crippen LogP contribution in [0.2, 0.25) is 5.02 Å². The fraction of sp³-hybridized carbons (Fsp3) is 0.118. The number of aromatic nitrogens is 1. The quantitative estimate of drug-likeness (QED) is 0.710. The van der Waals surface area contributed by atoms with Crippen LogP contribution in [0.4, 0.5) is 0 Å². The molecule has 21 heavy (non-hydrogen) atoms. The number of hydrogen-bond acceptors (Lipinski definition) is 2. The summed E-state index contributed by atoms with van der Waals surface area (Å²) in [5.74, 6) is -0.390. The fourth-order valence-electron chi connectivity index (χ4n) is 2.28. The number of halogens is 1. The summed E-state index contributed by atoms with van der Waals surface area (Å²) < 4.78 is 5.48.